The summed E-state index contributed by atoms with van der Waals surface area (Å²) in [7, 11) is 2.06. The van der Waals surface area contributed by atoms with Crippen LogP contribution in [-0.4, -0.2) is 31.9 Å². The maximum atomic E-state index is 6.39. The van der Waals surface area contributed by atoms with Crippen molar-refractivity contribution in [1.82, 2.24) is 0 Å². The van der Waals surface area contributed by atoms with Gasteiger partial charge in [-0.1, -0.05) is 45.7 Å². The lowest BCUT2D eigenvalue weighted by Gasteiger charge is -2.27. The highest BCUT2D eigenvalue weighted by Gasteiger charge is 2.24. The number of benzodiazepines with no additional fused rings is 1. The molecule has 0 saturated heterocycles. The van der Waals surface area contributed by atoms with Gasteiger partial charge in [0.05, 0.1) is 18.3 Å². The molecule has 2 aromatic rings. The van der Waals surface area contributed by atoms with Gasteiger partial charge in [0.2, 0.25) is 0 Å². The van der Waals surface area contributed by atoms with Crippen LogP contribution < -0.4 is 10.6 Å². The Morgan fingerprint density at radius 3 is 2.77 bits per heavy atom. The molecule has 0 aromatic heterocycles. The molecule has 1 unspecified atom stereocenters. The lowest BCUT2D eigenvalue weighted by atomic mass is 10.00. The first-order chi connectivity index (χ1) is 10.6. The highest BCUT2D eigenvalue weighted by Crippen LogP contribution is 2.31. The summed E-state index contributed by atoms with van der Waals surface area (Å²) in [6.07, 6.45) is 0. The molecule has 0 radical (unpaired) electrons. The maximum Gasteiger partial charge on any atom is 0.0756 e. The molecule has 5 heteroatoms. The summed E-state index contributed by atoms with van der Waals surface area (Å²) in [5.41, 5.74) is 9.98. The van der Waals surface area contributed by atoms with E-state index in [1.807, 2.05) is 30.3 Å². The van der Waals surface area contributed by atoms with E-state index in [0.717, 1.165) is 27.0 Å². The lowest BCUT2D eigenvalue weighted by Crippen LogP contribution is -2.39. The molecule has 1 heterocycles. The molecule has 3 rings (SSSR count). The van der Waals surface area contributed by atoms with Gasteiger partial charge in [-0.15, -0.1) is 0 Å². The van der Waals surface area contributed by atoms with E-state index in [9.17, 15) is 0 Å². The molecule has 2 aromatic carbocycles. The van der Waals surface area contributed by atoms with Crippen LogP contribution in [0, 0.1) is 0 Å². The number of halogens is 2. The molecule has 0 amide bonds. The predicted molar refractivity (Wildman–Crippen MR) is 97.3 cm³/mol. The Labute approximate surface area is 143 Å². The van der Waals surface area contributed by atoms with Crippen molar-refractivity contribution >= 4 is 38.9 Å². The molecule has 0 spiro atoms. The Bertz CT molecular complexity index is 730. The minimum Gasteiger partial charge on any atom is -0.368 e. The van der Waals surface area contributed by atoms with Crippen molar-refractivity contribution in [3.63, 3.8) is 0 Å². The number of fused-ring (bicyclic) bond motifs is 1. The highest BCUT2D eigenvalue weighted by atomic mass is 79.9. The number of hydrogen-bond donors (Lipinski definition) is 1. The maximum absolute atomic E-state index is 6.39. The van der Waals surface area contributed by atoms with Gasteiger partial charge in [-0.2, -0.15) is 0 Å². The number of aliphatic imine (C=N–C) groups is 1. The quantitative estimate of drug-likeness (QED) is 0.865. The summed E-state index contributed by atoms with van der Waals surface area (Å²) in [6, 6.07) is 14.2. The first kappa shape index (κ1) is 15.5. The first-order valence-corrected chi connectivity index (χ1v) is 8.31. The van der Waals surface area contributed by atoms with Gasteiger partial charge in [0, 0.05) is 39.9 Å². The Kier molecular flexibility index (Phi) is 4.52. The smallest absolute Gasteiger partial charge is 0.0756 e. The summed E-state index contributed by atoms with van der Waals surface area (Å²) in [6.45, 7) is 1.21. The third kappa shape index (κ3) is 2.78. The van der Waals surface area contributed by atoms with Crippen LogP contribution in [0.15, 0.2) is 51.9 Å². The van der Waals surface area contributed by atoms with Gasteiger partial charge >= 0.3 is 0 Å². The Morgan fingerprint density at radius 1 is 1.27 bits per heavy atom. The standard InChI is InChI=1S/C17H17BrClN3/c1-22-12(9-20)10-21-17(13-4-2-3-5-15(13)19)14-8-11(18)6-7-16(14)22/h2-8,12H,9-10,20H2,1H3. The molecule has 2 N–H and O–H groups in total. The minimum absolute atomic E-state index is 0.180. The molecule has 0 bridgehead atoms. The Morgan fingerprint density at radius 2 is 2.05 bits per heavy atom. The van der Waals surface area contributed by atoms with E-state index in [1.165, 1.54) is 0 Å². The Hall–Kier alpha value is -1.36. The van der Waals surface area contributed by atoms with Crippen molar-refractivity contribution in [2.24, 2.45) is 10.7 Å². The van der Waals surface area contributed by atoms with Crippen LogP contribution in [0.25, 0.3) is 0 Å². The monoisotopic (exact) mass is 377 g/mol. The van der Waals surface area contributed by atoms with Crippen LogP contribution in [0.5, 0.6) is 0 Å². The fourth-order valence-electron chi connectivity index (χ4n) is 2.72. The fraction of sp³-hybridized carbons (Fsp3) is 0.235. The average molecular weight is 379 g/mol. The van der Waals surface area contributed by atoms with Gasteiger partial charge < -0.3 is 10.6 Å². The second-order valence-corrected chi connectivity index (χ2v) is 6.65. The largest absolute Gasteiger partial charge is 0.368 e. The van der Waals surface area contributed by atoms with E-state index in [0.29, 0.717) is 18.1 Å². The highest BCUT2D eigenvalue weighted by molar-refractivity contribution is 9.10. The van der Waals surface area contributed by atoms with Crippen LogP contribution in [0.4, 0.5) is 5.69 Å². The Balaban J connectivity index is 2.22. The summed E-state index contributed by atoms with van der Waals surface area (Å²) < 4.78 is 1.02. The van der Waals surface area contributed by atoms with Crippen molar-refractivity contribution in [3.8, 4) is 0 Å². The zero-order chi connectivity index (χ0) is 15.7. The van der Waals surface area contributed by atoms with E-state index in [-0.39, 0.29) is 6.04 Å². The SMILES string of the molecule is CN1c2ccc(Br)cc2C(c2ccccc2Cl)=NCC1CN. The van der Waals surface area contributed by atoms with Crippen LogP contribution in [-0.2, 0) is 0 Å². The third-order valence-corrected chi connectivity index (χ3v) is 4.83. The van der Waals surface area contributed by atoms with Gasteiger partial charge in [-0.25, -0.2) is 0 Å². The van der Waals surface area contributed by atoms with Crippen molar-refractivity contribution in [3.05, 3.63) is 63.1 Å². The number of rotatable bonds is 2. The summed E-state index contributed by atoms with van der Waals surface area (Å²) in [5, 5.41) is 0.709. The van der Waals surface area contributed by atoms with Crippen LogP contribution in [0.2, 0.25) is 5.02 Å². The number of hydrogen-bond acceptors (Lipinski definition) is 3. The van der Waals surface area contributed by atoms with Gasteiger partial charge in [-0.05, 0) is 24.3 Å². The van der Waals surface area contributed by atoms with Gasteiger partial charge in [-0.3, -0.25) is 4.99 Å². The molecule has 22 heavy (non-hydrogen) atoms. The molecule has 1 atom stereocenters. The number of anilines is 1. The third-order valence-electron chi connectivity index (χ3n) is 4.00. The molecule has 0 saturated carbocycles. The van der Waals surface area contributed by atoms with Crippen molar-refractivity contribution in [2.45, 2.75) is 6.04 Å². The first-order valence-electron chi connectivity index (χ1n) is 7.14. The summed E-state index contributed by atoms with van der Waals surface area (Å²) >= 11 is 9.95. The predicted octanol–water partition coefficient (Wildman–Crippen LogP) is 3.72. The number of nitrogens with two attached hydrogens (primary N) is 1. The van der Waals surface area contributed by atoms with Crippen LogP contribution >= 0.6 is 27.5 Å². The molecule has 0 fully saturated rings. The molecule has 114 valence electrons. The summed E-state index contributed by atoms with van der Waals surface area (Å²) in [4.78, 5) is 7.03. The number of benzene rings is 2. The minimum atomic E-state index is 0.180. The van der Waals surface area contributed by atoms with Crippen LogP contribution in [0.1, 0.15) is 11.1 Å². The average Bonchev–Trinajstić information content (AvgIpc) is 2.65. The molecule has 3 nitrogen and oxygen atoms in total. The van der Waals surface area contributed by atoms with Crippen molar-refractivity contribution in [2.75, 3.05) is 25.0 Å². The topological polar surface area (TPSA) is 41.6 Å². The molecule has 1 aliphatic heterocycles. The molecule has 1 aliphatic rings. The zero-order valence-electron chi connectivity index (χ0n) is 12.3. The van der Waals surface area contributed by atoms with Crippen molar-refractivity contribution < 1.29 is 0 Å². The lowest BCUT2D eigenvalue weighted by molar-refractivity contribution is 0.653. The summed E-state index contributed by atoms with van der Waals surface area (Å²) in [5.74, 6) is 0. The van der Waals surface area contributed by atoms with E-state index in [1.54, 1.807) is 0 Å². The number of likely N-dealkylation sites (N-methyl/N-ethyl adjacent to an activating group) is 1. The van der Waals surface area contributed by atoms with E-state index in [2.05, 4.69) is 40.0 Å². The zero-order valence-corrected chi connectivity index (χ0v) is 14.6. The van der Waals surface area contributed by atoms with E-state index in [4.69, 9.17) is 22.3 Å². The van der Waals surface area contributed by atoms with Gasteiger partial charge in [0.15, 0.2) is 0 Å². The second kappa shape index (κ2) is 6.41. The van der Waals surface area contributed by atoms with E-state index < -0.39 is 0 Å². The van der Waals surface area contributed by atoms with Crippen LogP contribution in [0.3, 0.4) is 0 Å². The molecular weight excluding hydrogens is 362 g/mol. The van der Waals surface area contributed by atoms with Crippen molar-refractivity contribution in [1.29, 1.82) is 0 Å². The van der Waals surface area contributed by atoms with E-state index >= 15 is 0 Å². The number of nitrogens with zero attached hydrogens (tertiary/aromatic N) is 2. The normalized spacial score (nSPS) is 17.7. The molecule has 0 aliphatic carbocycles. The fourth-order valence-corrected chi connectivity index (χ4v) is 3.31. The second-order valence-electron chi connectivity index (χ2n) is 5.33. The molecular formula is C17H17BrClN3. The van der Waals surface area contributed by atoms with Gasteiger partial charge in [0.1, 0.15) is 0 Å². The van der Waals surface area contributed by atoms with Gasteiger partial charge in [0.25, 0.3) is 0 Å².